The molecule has 0 aliphatic heterocycles. The van der Waals surface area contributed by atoms with Crippen LogP contribution < -0.4 is 0 Å². The summed E-state index contributed by atoms with van der Waals surface area (Å²) in [7, 11) is 0. The Labute approximate surface area is 80.4 Å². The van der Waals surface area contributed by atoms with E-state index in [1.807, 2.05) is 0 Å². The lowest BCUT2D eigenvalue weighted by Gasteiger charge is -1.98. The molecular formula is C9H8N4O. The number of pyridine rings is 1. The Balaban J connectivity index is 2.11. The Morgan fingerprint density at radius 3 is 3.00 bits per heavy atom. The first-order valence-electron chi connectivity index (χ1n) is 4.13. The quantitative estimate of drug-likeness (QED) is 0.660. The second-order valence-electron chi connectivity index (χ2n) is 2.73. The summed E-state index contributed by atoms with van der Waals surface area (Å²) in [5.74, 6) is -0.0731. The molecule has 0 N–H and O–H groups in total. The molecule has 0 amide bonds. The van der Waals surface area contributed by atoms with Crippen LogP contribution in [0.15, 0.2) is 37.1 Å². The fourth-order valence-electron chi connectivity index (χ4n) is 1.07. The maximum absolute atomic E-state index is 11.6. The number of Topliss-reactive ketones (excluding diaryl/α,β-unsaturated/α-hetero) is 1. The van der Waals surface area contributed by atoms with Crippen molar-refractivity contribution >= 4 is 5.78 Å². The van der Waals surface area contributed by atoms with Crippen LogP contribution in [0.1, 0.15) is 10.5 Å². The highest BCUT2D eigenvalue weighted by atomic mass is 16.1. The van der Waals surface area contributed by atoms with E-state index in [1.54, 1.807) is 24.4 Å². The van der Waals surface area contributed by atoms with Gasteiger partial charge < -0.3 is 0 Å². The number of nitrogens with zero attached hydrogens (tertiary/aromatic N) is 4. The third-order valence-electron chi connectivity index (χ3n) is 1.72. The van der Waals surface area contributed by atoms with Gasteiger partial charge in [0.25, 0.3) is 0 Å². The first-order chi connectivity index (χ1) is 6.86. The molecule has 2 aromatic heterocycles. The van der Waals surface area contributed by atoms with E-state index >= 15 is 0 Å². The molecule has 0 radical (unpaired) electrons. The molecule has 2 rings (SSSR count). The first kappa shape index (κ1) is 8.55. The molecule has 0 aliphatic rings. The average Bonchev–Trinajstić information content (AvgIpc) is 2.72. The van der Waals surface area contributed by atoms with Crippen molar-refractivity contribution in [3.05, 3.63) is 42.7 Å². The minimum Gasteiger partial charge on any atom is -0.290 e. The minimum absolute atomic E-state index is 0.0731. The van der Waals surface area contributed by atoms with Gasteiger partial charge in [0.1, 0.15) is 24.9 Å². The number of aromatic nitrogens is 4. The molecule has 0 aromatic carbocycles. The monoisotopic (exact) mass is 188 g/mol. The van der Waals surface area contributed by atoms with E-state index in [2.05, 4.69) is 15.1 Å². The predicted octanol–water partition coefficient (Wildman–Crippen LogP) is 0.556. The summed E-state index contributed by atoms with van der Waals surface area (Å²) in [4.78, 5) is 19.3. The third kappa shape index (κ3) is 1.82. The number of rotatable bonds is 3. The Bertz CT molecular complexity index is 410. The molecule has 2 aromatic rings. The van der Waals surface area contributed by atoms with Crippen molar-refractivity contribution in [2.24, 2.45) is 0 Å². The van der Waals surface area contributed by atoms with Gasteiger partial charge in [-0.2, -0.15) is 5.10 Å². The van der Waals surface area contributed by atoms with Gasteiger partial charge in [-0.1, -0.05) is 6.07 Å². The summed E-state index contributed by atoms with van der Waals surface area (Å²) in [6.07, 6.45) is 4.49. The molecule has 0 fully saturated rings. The van der Waals surface area contributed by atoms with Crippen LogP contribution in [0.25, 0.3) is 0 Å². The van der Waals surface area contributed by atoms with E-state index in [4.69, 9.17) is 0 Å². The zero-order chi connectivity index (χ0) is 9.80. The summed E-state index contributed by atoms with van der Waals surface area (Å²) >= 11 is 0. The smallest absolute Gasteiger partial charge is 0.202 e. The highest BCUT2D eigenvalue weighted by molar-refractivity contribution is 5.93. The molecule has 0 bridgehead atoms. The summed E-state index contributed by atoms with van der Waals surface area (Å²) in [5, 5.41) is 3.84. The van der Waals surface area contributed by atoms with E-state index in [0.29, 0.717) is 5.69 Å². The second-order valence-corrected chi connectivity index (χ2v) is 2.73. The maximum atomic E-state index is 11.6. The highest BCUT2D eigenvalue weighted by Crippen LogP contribution is 1.96. The van der Waals surface area contributed by atoms with Crippen molar-refractivity contribution in [3.8, 4) is 0 Å². The Morgan fingerprint density at radius 2 is 2.36 bits per heavy atom. The van der Waals surface area contributed by atoms with E-state index in [-0.39, 0.29) is 12.3 Å². The fourth-order valence-corrected chi connectivity index (χ4v) is 1.07. The lowest BCUT2D eigenvalue weighted by molar-refractivity contribution is 0.0962. The summed E-state index contributed by atoms with van der Waals surface area (Å²) in [5.41, 5.74) is 0.447. The number of hydrogen-bond donors (Lipinski definition) is 0. The molecule has 5 nitrogen and oxygen atoms in total. The fraction of sp³-hybridized carbons (Fsp3) is 0.111. The van der Waals surface area contributed by atoms with Crippen LogP contribution in [0.4, 0.5) is 0 Å². The molecule has 5 heteroatoms. The predicted molar refractivity (Wildman–Crippen MR) is 48.6 cm³/mol. The number of ketones is 1. The van der Waals surface area contributed by atoms with Crippen molar-refractivity contribution in [2.75, 3.05) is 0 Å². The largest absolute Gasteiger partial charge is 0.290 e. The van der Waals surface area contributed by atoms with Crippen LogP contribution in [0, 0.1) is 0 Å². The van der Waals surface area contributed by atoms with Gasteiger partial charge in [0.2, 0.25) is 5.78 Å². The molecule has 0 saturated carbocycles. The van der Waals surface area contributed by atoms with Gasteiger partial charge in [-0.05, 0) is 12.1 Å². The zero-order valence-electron chi connectivity index (χ0n) is 7.37. The van der Waals surface area contributed by atoms with Crippen molar-refractivity contribution in [2.45, 2.75) is 6.54 Å². The molecule has 0 unspecified atom stereocenters. The first-order valence-corrected chi connectivity index (χ1v) is 4.13. The van der Waals surface area contributed by atoms with Crippen molar-refractivity contribution in [3.63, 3.8) is 0 Å². The van der Waals surface area contributed by atoms with Crippen LogP contribution in [0.3, 0.4) is 0 Å². The minimum atomic E-state index is -0.0731. The van der Waals surface area contributed by atoms with Crippen molar-refractivity contribution < 1.29 is 4.79 Å². The topological polar surface area (TPSA) is 60.7 Å². The Hall–Kier alpha value is -2.04. The Morgan fingerprint density at radius 1 is 1.43 bits per heavy atom. The van der Waals surface area contributed by atoms with E-state index in [1.165, 1.54) is 17.3 Å². The lowest BCUT2D eigenvalue weighted by atomic mass is 10.2. The van der Waals surface area contributed by atoms with Crippen LogP contribution in [0.2, 0.25) is 0 Å². The van der Waals surface area contributed by atoms with Gasteiger partial charge in [-0.3, -0.25) is 9.78 Å². The van der Waals surface area contributed by atoms with Crippen molar-refractivity contribution in [1.82, 2.24) is 19.7 Å². The molecule has 2 heterocycles. The molecule has 0 aliphatic carbocycles. The van der Waals surface area contributed by atoms with Gasteiger partial charge in [0.05, 0.1) is 0 Å². The van der Waals surface area contributed by atoms with Gasteiger partial charge in [0.15, 0.2) is 0 Å². The number of carbonyl (C=O) groups is 1. The molecule has 70 valence electrons. The Kier molecular flexibility index (Phi) is 2.31. The normalized spacial score (nSPS) is 10.0. The summed E-state index contributed by atoms with van der Waals surface area (Å²) < 4.78 is 1.47. The molecule has 0 saturated heterocycles. The SMILES string of the molecule is O=C(Cn1cncn1)c1ccccn1. The van der Waals surface area contributed by atoms with E-state index in [0.717, 1.165) is 0 Å². The van der Waals surface area contributed by atoms with Gasteiger partial charge >= 0.3 is 0 Å². The van der Waals surface area contributed by atoms with Crippen LogP contribution >= 0.6 is 0 Å². The van der Waals surface area contributed by atoms with E-state index in [9.17, 15) is 4.79 Å². The van der Waals surface area contributed by atoms with Crippen LogP contribution in [-0.4, -0.2) is 25.5 Å². The van der Waals surface area contributed by atoms with Gasteiger partial charge in [-0.25, -0.2) is 9.67 Å². The van der Waals surface area contributed by atoms with Crippen LogP contribution in [0.5, 0.6) is 0 Å². The molecule has 0 spiro atoms. The van der Waals surface area contributed by atoms with Gasteiger partial charge in [-0.15, -0.1) is 0 Å². The summed E-state index contributed by atoms with van der Waals surface area (Å²) in [6.45, 7) is 0.178. The lowest BCUT2D eigenvalue weighted by Crippen LogP contribution is -2.11. The molecular weight excluding hydrogens is 180 g/mol. The average molecular weight is 188 g/mol. The van der Waals surface area contributed by atoms with E-state index < -0.39 is 0 Å². The molecule has 14 heavy (non-hydrogen) atoms. The maximum Gasteiger partial charge on any atom is 0.202 e. The second kappa shape index (κ2) is 3.78. The highest BCUT2D eigenvalue weighted by Gasteiger charge is 2.06. The molecule has 0 atom stereocenters. The van der Waals surface area contributed by atoms with Crippen LogP contribution in [-0.2, 0) is 6.54 Å². The number of hydrogen-bond acceptors (Lipinski definition) is 4. The van der Waals surface area contributed by atoms with Crippen molar-refractivity contribution in [1.29, 1.82) is 0 Å². The standard InChI is InChI=1S/C9H8N4O/c14-9(5-13-7-10-6-12-13)8-3-1-2-4-11-8/h1-4,6-7H,5H2. The third-order valence-corrected chi connectivity index (χ3v) is 1.72. The zero-order valence-corrected chi connectivity index (χ0v) is 7.37. The number of carbonyl (C=O) groups excluding carboxylic acids is 1. The van der Waals surface area contributed by atoms with Gasteiger partial charge in [0, 0.05) is 6.20 Å². The summed E-state index contributed by atoms with van der Waals surface area (Å²) in [6, 6.07) is 5.23.